The minimum Gasteiger partial charge on any atom is -0.486 e. The van der Waals surface area contributed by atoms with Crippen LogP contribution >= 0.6 is 23.4 Å². The van der Waals surface area contributed by atoms with Gasteiger partial charge in [-0.05, 0) is 138 Å². The molecule has 0 aromatic heterocycles. The second-order valence-electron chi connectivity index (χ2n) is 15.5. The summed E-state index contributed by atoms with van der Waals surface area (Å²) in [7, 11) is 0. The van der Waals surface area contributed by atoms with Gasteiger partial charge >= 0.3 is 18.1 Å². The molecule has 7 nitrogen and oxygen atoms in total. The molecule has 0 saturated carbocycles. The van der Waals surface area contributed by atoms with E-state index in [-0.39, 0.29) is 24.6 Å². The average Bonchev–Trinajstić information content (AvgIpc) is 3.29. The predicted octanol–water partition coefficient (Wildman–Crippen LogP) is 15.3. The first kappa shape index (κ1) is 50.1. The molecule has 0 heterocycles. The molecule has 65 heavy (non-hydrogen) atoms. The topological polar surface area (TPSA) is 102 Å². The van der Waals surface area contributed by atoms with Crippen LogP contribution in [0.25, 0.3) is 22.3 Å². The predicted molar refractivity (Wildman–Crippen MR) is 253 cm³/mol. The van der Waals surface area contributed by atoms with Crippen molar-refractivity contribution in [2.75, 3.05) is 13.2 Å². The minimum atomic E-state index is -4.34. The third-order valence-electron chi connectivity index (χ3n) is 10.5. The zero-order valence-electron chi connectivity index (χ0n) is 36.9. The highest BCUT2D eigenvalue weighted by Crippen LogP contribution is 2.41. The number of thioether (sulfide) groups is 1. The lowest BCUT2D eigenvalue weighted by Gasteiger charge is -2.21. The first-order chi connectivity index (χ1) is 31.1. The van der Waals surface area contributed by atoms with Crippen LogP contribution in [0.1, 0.15) is 91.5 Å². The van der Waals surface area contributed by atoms with Crippen molar-refractivity contribution in [3.63, 3.8) is 0 Å². The summed E-state index contributed by atoms with van der Waals surface area (Å²) in [5.74, 6) is -0.174. The van der Waals surface area contributed by atoms with Gasteiger partial charge in [0.05, 0.1) is 5.56 Å². The summed E-state index contributed by atoms with van der Waals surface area (Å²) in [5.41, 5.74) is 7.19. The quantitative estimate of drug-likeness (QED) is 0.0730. The fraction of sp³-hybridized carbons (Fsp3) is 0.283. The van der Waals surface area contributed by atoms with Crippen molar-refractivity contribution in [2.24, 2.45) is 0 Å². The SMILES string of the molecule is CCCCC(Oc1ccc(OCC(=O)O)c(C)c1)c1ccc(-c2ccc(Cl)cc2)cc1.CCCC[C@@H](Sc1ccc(OCC(=O)O)c(C)c1)c1ccc(-c2ccc(C(F)(F)F)cc2)cc1. The standard InChI is InChI=1S/C27H27F3O3S.C26H27ClO4/c1-3-4-5-25(34-23-14-15-24(18(2)16-23)33-17-26(31)32)21-8-6-19(7-9-21)20-10-12-22(13-11-20)27(28,29)30;1-3-4-5-25(31-23-14-15-24(18(2)16-23)30-17-26(28)29)21-8-6-19(7-9-21)20-10-12-22(27)13-11-20/h6-16,25H,3-5,17H2,1-2H3,(H,31,32);6-16,25H,3-5,17H2,1-2H3,(H,28,29)/t25-;/m1./s1. The lowest BCUT2D eigenvalue weighted by Crippen LogP contribution is -2.10. The van der Waals surface area contributed by atoms with Crippen LogP contribution in [0, 0.1) is 13.8 Å². The van der Waals surface area contributed by atoms with Gasteiger partial charge in [0.25, 0.3) is 0 Å². The van der Waals surface area contributed by atoms with Gasteiger partial charge in [-0.3, -0.25) is 0 Å². The number of alkyl halides is 3. The Morgan fingerprint density at radius 1 is 0.615 bits per heavy atom. The second-order valence-corrected chi connectivity index (χ2v) is 17.3. The van der Waals surface area contributed by atoms with Gasteiger partial charge in [0, 0.05) is 15.2 Å². The summed E-state index contributed by atoms with van der Waals surface area (Å²) >= 11 is 7.73. The normalized spacial score (nSPS) is 12.1. The zero-order chi connectivity index (χ0) is 46.9. The second kappa shape index (κ2) is 24.4. The molecular formula is C53H54ClF3O7S. The number of hydrogen-bond acceptors (Lipinski definition) is 6. The van der Waals surface area contributed by atoms with Gasteiger partial charge in [-0.1, -0.05) is 118 Å². The molecule has 2 atom stereocenters. The van der Waals surface area contributed by atoms with Crippen LogP contribution in [0.3, 0.4) is 0 Å². The molecule has 0 spiro atoms. The van der Waals surface area contributed by atoms with E-state index in [4.69, 9.17) is 36.0 Å². The molecule has 6 aromatic rings. The molecule has 0 aliphatic carbocycles. The number of carboxylic acids is 2. The number of hydrogen-bond donors (Lipinski definition) is 2. The number of unbranched alkanes of at least 4 members (excludes halogenated alkanes) is 2. The summed E-state index contributed by atoms with van der Waals surface area (Å²) < 4.78 is 55.4. The van der Waals surface area contributed by atoms with E-state index in [1.54, 1.807) is 23.9 Å². The first-order valence-corrected chi connectivity index (χ1v) is 22.8. The molecule has 0 bridgehead atoms. The van der Waals surface area contributed by atoms with Crippen molar-refractivity contribution in [1.29, 1.82) is 0 Å². The number of aliphatic carboxylic acids is 2. The van der Waals surface area contributed by atoms with Gasteiger partial charge in [-0.15, -0.1) is 11.8 Å². The fourth-order valence-corrected chi connectivity index (χ4v) is 8.39. The van der Waals surface area contributed by atoms with Crippen LogP contribution in [0.5, 0.6) is 17.2 Å². The van der Waals surface area contributed by atoms with Gasteiger partial charge in [0.2, 0.25) is 0 Å². The minimum absolute atomic E-state index is 0.0654. The molecule has 6 rings (SSSR count). The van der Waals surface area contributed by atoms with Gasteiger partial charge in [-0.25, -0.2) is 9.59 Å². The van der Waals surface area contributed by atoms with E-state index in [9.17, 15) is 22.8 Å². The van der Waals surface area contributed by atoms with Crippen LogP contribution in [0.15, 0.2) is 138 Å². The van der Waals surface area contributed by atoms with E-state index in [0.717, 1.165) is 111 Å². The monoisotopic (exact) mass is 926 g/mol. The summed E-state index contributed by atoms with van der Waals surface area (Å²) in [6.45, 7) is 7.35. The Morgan fingerprint density at radius 2 is 1.08 bits per heavy atom. The van der Waals surface area contributed by atoms with Crippen molar-refractivity contribution in [3.05, 3.63) is 166 Å². The molecule has 0 amide bonds. The zero-order valence-corrected chi connectivity index (χ0v) is 38.4. The van der Waals surface area contributed by atoms with E-state index in [2.05, 4.69) is 38.1 Å². The Kier molecular flexibility index (Phi) is 18.8. The van der Waals surface area contributed by atoms with Gasteiger partial charge in [0.1, 0.15) is 23.4 Å². The maximum absolute atomic E-state index is 12.8. The van der Waals surface area contributed by atoms with E-state index < -0.39 is 23.7 Å². The number of aryl methyl sites for hydroxylation is 2. The number of halogens is 4. The van der Waals surface area contributed by atoms with E-state index in [1.165, 1.54) is 12.1 Å². The number of ether oxygens (including phenoxy) is 3. The van der Waals surface area contributed by atoms with Crippen LogP contribution in [-0.4, -0.2) is 35.4 Å². The van der Waals surface area contributed by atoms with Gasteiger partial charge in [0.15, 0.2) is 13.2 Å². The highest BCUT2D eigenvalue weighted by atomic mass is 35.5. The number of carboxylic acid groups (broad SMARTS) is 2. The molecule has 0 radical (unpaired) electrons. The van der Waals surface area contributed by atoms with Crippen LogP contribution in [-0.2, 0) is 15.8 Å². The fourth-order valence-electron chi connectivity index (χ4n) is 6.96. The van der Waals surface area contributed by atoms with Crippen LogP contribution < -0.4 is 14.2 Å². The van der Waals surface area contributed by atoms with E-state index >= 15 is 0 Å². The van der Waals surface area contributed by atoms with Crippen molar-refractivity contribution < 1.29 is 47.2 Å². The number of benzene rings is 6. The molecular weight excluding hydrogens is 873 g/mol. The average molecular weight is 928 g/mol. The Balaban J connectivity index is 0.000000245. The van der Waals surface area contributed by atoms with Crippen molar-refractivity contribution >= 4 is 35.3 Å². The Bertz CT molecular complexity index is 2440. The third-order valence-corrected chi connectivity index (χ3v) is 12.1. The molecule has 1 unspecified atom stereocenters. The maximum Gasteiger partial charge on any atom is 0.416 e. The molecule has 342 valence electrons. The first-order valence-electron chi connectivity index (χ1n) is 21.5. The summed E-state index contributed by atoms with van der Waals surface area (Å²) in [5, 5.41) is 18.5. The largest absolute Gasteiger partial charge is 0.486 e. The summed E-state index contributed by atoms with van der Waals surface area (Å²) in [6, 6.07) is 40.6. The van der Waals surface area contributed by atoms with Crippen molar-refractivity contribution in [3.8, 4) is 39.5 Å². The maximum atomic E-state index is 12.8. The number of carbonyl (C=O) groups is 2. The Hall–Kier alpha value is -5.91. The lowest BCUT2D eigenvalue weighted by atomic mass is 9.99. The molecule has 0 fully saturated rings. The lowest BCUT2D eigenvalue weighted by molar-refractivity contribution is -0.140. The molecule has 6 aromatic carbocycles. The van der Waals surface area contributed by atoms with Crippen molar-refractivity contribution in [1.82, 2.24) is 0 Å². The summed E-state index contributed by atoms with van der Waals surface area (Å²) in [6.07, 6.45) is 1.77. The van der Waals surface area contributed by atoms with E-state index in [0.29, 0.717) is 11.5 Å². The van der Waals surface area contributed by atoms with Crippen LogP contribution in [0.4, 0.5) is 13.2 Å². The van der Waals surface area contributed by atoms with Crippen molar-refractivity contribution in [2.45, 2.75) is 88.6 Å². The molecule has 0 aliphatic heterocycles. The highest BCUT2D eigenvalue weighted by molar-refractivity contribution is 7.99. The van der Waals surface area contributed by atoms with Gasteiger partial charge < -0.3 is 24.4 Å². The smallest absolute Gasteiger partial charge is 0.416 e. The molecule has 12 heteroatoms. The number of rotatable bonds is 20. The third kappa shape index (κ3) is 15.6. The molecule has 0 saturated heterocycles. The highest BCUT2D eigenvalue weighted by Gasteiger charge is 2.30. The van der Waals surface area contributed by atoms with Gasteiger partial charge in [-0.2, -0.15) is 13.2 Å². The van der Waals surface area contributed by atoms with Crippen LogP contribution in [0.2, 0.25) is 5.02 Å². The Labute approximate surface area is 388 Å². The summed E-state index contributed by atoms with van der Waals surface area (Å²) in [4.78, 5) is 22.5. The Morgan fingerprint density at radius 3 is 1.55 bits per heavy atom. The molecule has 2 N–H and O–H groups in total. The van der Waals surface area contributed by atoms with E-state index in [1.807, 2.05) is 86.6 Å². The molecule has 0 aliphatic rings.